The highest BCUT2D eigenvalue weighted by Crippen LogP contribution is 2.57. The highest BCUT2D eigenvalue weighted by Gasteiger charge is 2.58. The Morgan fingerprint density at radius 1 is 1.25 bits per heavy atom. The molecule has 24 heavy (non-hydrogen) atoms. The number of fused-ring (bicyclic) bond motifs is 3. The average Bonchev–Trinajstić information content (AvgIpc) is 2.52. The molecule has 132 valence electrons. The van der Waals surface area contributed by atoms with Gasteiger partial charge in [-0.25, -0.2) is 0 Å². The lowest BCUT2D eigenvalue weighted by molar-refractivity contribution is -0.176. The molecule has 2 aliphatic rings. The Kier molecular flexibility index (Phi) is 4.94. The lowest BCUT2D eigenvalue weighted by atomic mass is 9.53. The lowest BCUT2D eigenvalue weighted by Crippen LogP contribution is -2.59. The van der Waals surface area contributed by atoms with E-state index in [1.54, 1.807) is 6.92 Å². The van der Waals surface area contributed by atoms with E-state index in [1.165, 1.54) is 17.5 Å². The predicted octanol–water partition coefficient (Wildman–Crippen LogP) is 4.35. The van der Waals surface area contributed by atoms with Crippen LogP contribution in [0.4, 0.5) is 0 Å². The van der Waals surface area contributed by atoms with E-state index in [1.807, 2.05) is 6.07 Å². The summed E-state index contributed by atoms with van der Waals surface area (Å²) in [4.78, 5) is 14.2. The van der Waals surface area contributed by atoms with Crippen LogP contribution in [0, 0.1) is 0 Å². The second kappa shape index (κ2) is 6.68. The summed E-state index contributed by atoms with van der Waals surface area (Å²) in [5, 5.41) is 0.780. The first-order valence-electron chi connectivity index (χ1n) is 9.02. The van der Waals surface area contributed by atoms with E-state index >= 15 is 0 Å². The summed E-state index contributed by atoms with van der Waals surface area (Å²) in [6.45, 7) is 2.53. The number of benzene rings is 1. The SMILES string of the molecule is CC(=O)OC12CCCCC1(CCN(C)C)c1cc(Cl)ccc1CC2. The molecule has 0 heterocycles. The highest BCUT2D eigenvalue weighted by atomic mass is 35.5. The lowest BCUT2D eigenvalue weighted by Gasteiger charge is -2.56. The standard InChI is InChI=1S/C20H28ClNO2/c1-15(23)24-20-10-5-4-9-19(20,12-13-22(2)3)18-14-17(21)7-6-16(18)8-11-20/h6-7,14H,4-5,8-13H2,1-3H3. The number of rotatable bonds is 4. The molecule has 1 aromatic carbocycles. The van der Waals surface area contributed by atoms with Crippen molar-refractivity contribution in [3.63, 3.8) is 0 Å². The Labute approximate surface area is 150 Å². The van der Waals surface area contributed by atoms with Crippen molar-refractivity contribution in [2.75, 3.05) is 20.6 Å². The van der Waals surface area contributed by atoms with Crippen LogP contribution in [0.2, 0.25) is 5.02 Å². The Morgan fingerprint density at radius 3 is 2.71 bits per heavy atom. The summed E-state index contributed by atoms with van der Waals surface area (Å²) >= 11 is 6.37. The molecule has 0 spiro atoms. The van der Waals surface area contributed by atoms with Crippen molar-refractivity contribution in [3.8, 4) is 0 Å². The van der Waals surface area contributed by atoms with Crippen LogP contribution >= 0.6 is 11.6 Å². The van der Waals surface area contributed by atoms with Gasteiger partial charge in [0.1, 0.15) is 5.60 Å². The molecule has 1 aromatic rings. The molecule has 3 rings (SSSR count). The fraction of sp³-hybridized carbons (Fsp3) is 0.650. The van der Waals surface area contributed by atoms with Gasteiger partial charge in [-0.15, -0.1) is 0 Å². The van der Waals surface area contributed by atoms with E-state index in [-0.39, 0.29) is 17.0 Å². The minimum absolute atomic E-state index is 0.111. The Bertz CT molecular complexity index is 630. The molecule has 2 atom stereocenters. The van der Waals surface area contributed by atoms with E-state index < -0.39 is 0 Å². The molecule has 0 aliphatic heterocycles. The molecule has 0 aromatic heterocycles. The van der Waals surface area contributed by atoms with E-state index in [4.69, 9.17) is 16.3 Å². The first kappa shape index (κ1) is 17.8. The monoisotopic (exact) mass is 349 g/mol. The van der Waals surface area contributed by atoms with E-state index in [0.29, 0.717) is 0 Å². The molecule has 1 fully saturated rings. The Morgan fingerprint density at radius 2 is 2.00 bits per heavy atom. The molecule has 2 unspecified atom stereocenters. The molecule has 0 saturated heterocycles. The molecule has 2 aliphatic carbocycles. The van der Waals surface area contributed by atoms with Crippen molar-refractivity contribution < 1.29 is 9.53 Å². The Hall–Kier alpha value is -1.06. The zero-order chi connectivity index (χ0) is 17.4. The fourth-order valence-corrected chi connectivity index (χ4v) is 5.15. The van der Waals surface area contributed by atoms with Gasteiger partial charge in [-0.3, -0.25) is 4.79 Å². The topological polar surface area (TPSA) is 29.5 Å². The maximum Gasteiger partial charge on any atom is 0.303 e. The van der Waals surface area contributed by atoms with Crippen molar-refractivity contribution in [1.29, 1.82) is 0 Å². The number of esters is 1. The normalized spacial score (nSPS) is 29.0. The smallest absolute Gasteiger partial charge is 0.303 e. The first-order chi connectivity index (χ1) is 11.4. The number of hydrogen-bond acceptors (Lipinski definition) is 3. The molecular weight excluding hydrogens is 322 g/mol. The van der Waals surface area contributed by atoms with Gasteiger partial charge in [0.05, 0.1) is 0 Å². The number of nitrogens with zero attached hydrogens (tertiary/aromatic N) is 1. The van der Waals surface area contributed by atoms with Crippen molar-refractivity contribution in [2.24, 2.45) is 0 Å². The minimum atomic E-state index is -0.370. The molecule has 0 amide bonds. The number of aryl methyl sites for hydroxylation is 1. The second-order valence-electron chi connectivity index (χ2n) is 7.73. The van der Waals surface area contributed by atoms with Crippen LogP contribution in [-0.2, 0) is 21.4 Å². The van der Waals surface area contributed by atoms with Gasteiger partial charge < -0.3 is 9.64 Å². The second-order valence-corrected chi connectivity index (χ2v) is 8.17. The summed E-state index contributed by atoms with van der Waals surface area (Å²) in [6, 6.07) is 6.29. The number of carbonyl (C=O) groups is 1. The van der Waals surface area contributed by atoms with E-state index in [0.717, 1.165) is 50.1 Å². The van der Waals surface area contributed by atoms with Crippen LogP contribution in [0.3, 0.4) is 0 Å². The van der Waals surface area contributed by atoms with Crippen LogP contribution < -0.4 is 0 Å². The molecule has 0 bridgehead atoms. The van der Waals surface area contributed by atoms with Gasteiger partial charge in [0.15, 0.2) is 0 Å². The molecule has 0 radical (unpaired) electrons. The van der Waals surface area contributed by atoms with Crippen LogP contribution in [0.15, 0.2) is 18.2 Å². The van der Waals surface area contributed by atoms with Crippen LogP contribution in [0.5, 0.6) is 0 Å². The maximum atomic E-state index is 12.0. The zero-order valence-electron chi connectivity index (χ0n) is 15.0. The Balaban J connectivity index is 2.14. The average molecular weight is 350 g/mol. The van der Waals surface area contributed by atoms with E-state index in [9.17, 15) is 4.79 Å². The quantitative estimate of drug-likeness (QED) is 0.757. The summed E-state index contributed by atoms with van der Waals surface area (Å²) in [5.41, 5.74) is 2.22. The molecule has 0 N–H and O–H groups in total. The number of halogens is 1. The molecule has 1 saturated carbocycles. The van der Waals surface area contributed by atoms with Crippen molar-refractivity contribution >= 4 is 17.6 Å². The van der Waals surface area contributed by atoms with Gasteiger partial charge in [0.2, 0.25) is 0 Å². The molecular formula is C20H28ClNO2. The van der Waals surface area contributed by atoms with Gasteiger partial charge in [-0.1, -0.05) is 24.1 Å². The third-order valence-corrected chi connectivity index (χ3v) is 6.25. The maximum absolute atomic E-state index is 12.0. The fourth-order valence-electron chi connectivity index (χ4n) is 4.97. The van der Waals surface area contributed by atoms with Gasteiger partial charge in [0, 0.05) is 17.4 Å². The predicted molar refractivity (Wildman–Crippen MR) is 97.6 cm³/mol. The van der Waals surface area contributed by atoms with Crippen molar-refractivity contribution in [2.45, 2.75) is 62.9 Å². The summed E-state index contributed by atoms with van der Waals surface area (Å²) in [6.07, 6.45) is 7.24. The highest BCUT2D eigenvalue weighted by molar-refractivity contribution is 6.30. The minimum Gasteiger partial charge on any atom is -0.458 e. The first-order valence-corrected chi connectivity index (χ1v) is 9.40. The number of hydrogen-bond donors (Lipinski definition) is 0. The molecule has 3 nitrogen and oxygen atoms in total. The summed E-state index contributed by atoms with van der Waals surface area (Å²) in [5.74, 6) is -0.156. The van der Waals surface area contributed by atoms with Gasteiger partial charge in [-0.2, -0.15) is 0 Å². The number of carbonyl (C=O) groups excluding carboxylic acids is 1. The zero-order valence-corrected chi connectivity index (χ0v) is 15.8. The summed E-state index contributed by atoms with van der Waals surface area (Å²) < 4.78 is 6.11. The van der Waals surface area contributed by atoms with E-state index in [2.05, 4.69) is 31.1 Å². The van der Waals surface area contributed by atoms with Crippen molar-refractivity contribution in [1.82, 2.24) is 4.90 Å². The number of ether oxygens (including phenoxy) is 1. The van der Waals surface area contributed by atoms with Gasteiger partial charge in [-0.05, 0) is 82.4 Å². The van der Waals surface area contributed by atoms with Crippen LogP contribution in [-0.4, -0.2) is 37.1 Å². The molecule has 4 heteroatoms. The largest absolute Gasteiger partial charge is 0.458 e. The third kappa shape index (κ3) is 2.97. The van der Waals surface area contributed by atoms with Crippen LogP contribution in [0.1, 0.15) is 56.6 Å². The van der Waals surface area contributed by atoms with Gasteiger partial charge in [0.25, 0.3) is 0 Å². The van der Waals surface area contributed by atoms with Crippen molar-refractivity contribution in [3.05, 3.63) is 34.3 Å². The summed E-state index contributed by atoms with van der Waals surface area (Å²) in [7, 11) is 4.21. The third-order valence-electron chi connectivity index (χ3n) is 6.02. The van der Waals surface area contributed by atoms with Crippen LogP contribution in [0.25, 0.3) is 0 Å². The van der Waals surface area contributed by atoms with Gasteiger partial charge >= 0.3 is 5.97 Å².